The lowest BCUT2D eigenvalue weighted by Gasteiger charge is -2.05. The summed E-state index contributed by atoms with van der Waals surface area (Å²) >= 11 is 0. The molecule has 0 saturated carbocycles. The van der Waals surface area contributed by atoms with E-state index in [2.05, 4.69) is 15.3 Å². The zero-order valence-electron chi connectivity index (χ0n) is 8.74. The van der Waals surface area contributed by atoms with E-state index in [1.807, 2.05) is 31.2 Å². The maximum Gasteiger partial charge on any atom is 0.229 e. The highest BCUT2D eigenvalue weighted by atomic mass is 19.1. The van der Waals surface area contributed by atoms with Gasteiger partial charge in [0.25, 0.3) is 0 Å². The Morgan fingerprint density at radius 3 is 2.56 bits per heavy atom. The van der Waals surface area contributed by atoms with Gasteiger partial charge in [0.2, 0.25) is 5.95 Å². The molecule has 0 atom stereocenters. The highest BCUT2D eigenvalue weighted by Crippen LogP contribution is 2.15. The van der Waals surface area contributed by atoms with Crippen LogP contribution in [0.4, 0.5) is 21.8 Å². The van der Waals surface area contributed by atoms with Crippen molar-refractivity contribution < 1.29 is 4.39 Å². The minimum absolute atomic E-state index is 0.162. The number of anilines is 3. The fourth-order valence-corrected chi connectivity index (χ4v) is 1.21. The molecule has 0 aliphatic rings. The van der Waals surface area contributed by atoms with E-state index in [0.29, 0.717) is 0 Å². The Morgan fingerprint density at radius 2 is 1.94 bits per heavy atom. The first-order chi connectivity index (χ1) is 7.65. The van der Waals surface area contributed by atoms with Crippen molar-refractivity contribution in [1.29, 1.82) is 0 Å². The maximum atomic E-state index is 12.8. The van der Waals surface area contributed by atoms with Gasteiger partial charge in [0.15, 0.2) is 11.6 Å². The van der Waals surface area contributed by atoms with Crippen LogP contribution in [0.5, 0.6) is 0 Å². The molecule has 5 heteroatoms. The van der Waals surface area contributed by atoms with E-state index >= 15 is 0 Å². The second-order valence-electron chi connectivity index (χ2n) is 3.42. The normalized spacial score (nSPS) is 10.1. The van der Waals surface area contributed by atoms with E-state index in [1.165, 1.54) is 0 Å². The molecule has 2 aromatic rings. The number of nitrogens with two attached hydrogens (primary N) is 1. The summed E-state index contributed by atoms with van der Waals surface area (Å²) in [7, 11) is 0. The Morgan fingerprint density at radius 1 is 1.25 bits per heavy atom. The number of hydrogen-bond acceptors (Lipinski definition) is 4. The van der Waals surface area contributed by atoms with Gasteiger partial charge in [-0.25, -0.2) is 9.37 Å². The molecule has 0 unspecified atom stereocenters. The number of hydrogen-bond donors (Lipinski definition) is 2. The van der Waals surface area contributed by atoms with Crippen molar-refractivity contribution in [1.82, 2.24) is 9.97 Å². The van der Waals surface area contributed by atoms with Gasteiger partial charge in [-0.3, -0.25) is 0 Å². The van der Waals surface area contributed by atoms with Gasteiger partial charge in [0.1, 0.15) is 0 Å². The summed E-state index contributed by atoms with van der Waals surface area (Å²) in [5.74, 6) is -0.498. The molecule has 1 aromatic carbocycles. The zero-order chi connectivity index (χ0) is 11.5. The second-order valence-corrected chi connectivity index (χ2v) is 3.42. The Balaban J connectivity index is 2.20. The van der Waals surface area contributed by atoms with Gasteiger partial charge in [-0.1, -0.05) is 17.7 Å². The Bertz CT molecular complexity index is 496. The second kappa shape index (κ2) is 4.14. The van der Waals surface area contributed by atoms with E-state index in [4.69, 9.17) is 5.73 Å². The van der Waals surface area contributed by atoms with Crippen molar-refractivity contribution >= 4 is 17.5 Å². The van der Waals surface area contributed by atoms with Crippen molar-refractivity contribution in [2.75, 3.05) is 11.1 Å². The molecule has 0 spiro atoms. The molecule has 1 heterocycles. The van der Waals surface area contributed by atoms with Crippen LogP contribution in [0.15, 0.2) is 30.5 Å². The topological polar surface area (TPSA) is 63.8 Å². The summed E-state index contributed by atoms with van der Waals surface area (Å²) in [6, 6.07) is 7.68. The smallest absolute Gasteiger partial charge is 0.229 e. The van der Waals surface area contributed by atoms with Crippen LogP contribution in [0.1, 0.15) is 5.56 Å². The molecule has 0 saturated heterocycles. The molecule has 0 aliphatic carbocycles. The van der Waals surface area contributed by atoms with Crippen LogP contribution in [-0.4, -0.2) is 9.97 Å². The molecular weight excluding hydrogens is 207 g/mol. The number of rotatable bonds is 2. The van der Waals surface area contributed by atoms with Crippen molar-refractivity contribution in [3.05, 3.63) is 41.8 Å². The van der Waals surface area contributed by atoms with Gasteiger partial charge in [-0.05, 0) is 19.1 Å². The van der Waals surface area contributed by atoms with Gasteiger partial charge >= 0.3 is 0 Å². The first-order valence-corrected chi connectivity index (χ1v) is 4.77. The number of nitrogens with one attached hydrogen (secondary N) is 1. The minimum atomic E-state index is -0.616. The molecule has 16 heavy (non-hydrogen) atoms. The first-order valence-electron chi connectivity index (χ1n) is 4.77. The van der Waals surface area contributed by atoms with Crippen molar-refractivity contribution in [2.45, 2.75) is 6.92 Å². The molecule has 4 nitrogen and oxygen atoms in total. The molecule has 3 N–H and O–H groups in total. The van der Waals surface area contributed by atoms with E-state index in [-0.39, 0.29) is 11.8 Å². The fraction of sp³-hybridized carbons (Fsp3) is 0.0909. The number of benzene rings is 1. The quantitative estimate of drug-likeness (QED) is 0.811. The zero-order valence-corrected chi connectivity index (χ0v) is 8.74. The van der Waals surface area contributed by atoms with Crippen LogP contribution in [0, 0.1) is 12.7 Å². The first kappa shape index (κ1) is 10.4. The Labute approximate surface area is 92.3 Å². The molecule has 0 amide bonds. The average molecular weight is 218 g/mol. The van der Waals surface area contributed by atoms with Crippen LogP contribution in [0.2, 0.25) is 0 Å². The number of halogens is 1. The molecule has 0 fully saturated rings. The van der Waals surface area contributed by atoms with E-state index in [9.17, 15) is 4.39 Å². The van der Waals surface area contributed by atoms with E-state index in [0.717, 1.165) is 17.4 Å². The van der Waals surface area contributed by atoms with Crippen LogP contribution in [-0.2, 0) is 0 Å². The van der Waals surface area contributed by atoms with Crippen LogP contribution < -0.4 is 11.1 Å². The molecule has 0 aliphatic heterocycles. The molecule has 0 bridgehead atoms. The molecular formula is C11H11FN4. The lowest BCUT2D eigenvalue weighted by atomic mass is 10.2. The van der Waals surface area contributed by atoms with Crippen molar-refractivity contribution in [3.8, 4) is 0 Å². The number of nitrogens with zero attached hydrogens (tertiary/aromatic N) is 2. The Hall–Kier alpha value is -2.17. The van der Waals surface area contributed by atoms with Gasteiger partial charge in [-0.15, -0.1) is 0 Å². The lowest BCUT2D eigenvalue weighted by Crippen LogP contribution is -2.02. The third-order valence-corrected chi connectivity index (χ3v) is 2.08. The summed E-state index contributed by atoms with van der Waals surface area (Å²) in [6.45, 7) is 2.00. The van der Waals surface area contributed by atoms with Crippen LogP contribution in [0.25, 0.3) is 0 Å². The highest BCUT2D eigenvalue weighted by Gasteiger charge is 2.02. The van der Waals surface area contributed by atoms with Gasteiger partial charge in [-0.2, -0.15) is 4.98 Å². The summed E-state index contributed by atoms with van der Waals surface area (Å²) in [5, 5.41) is 2.93. The minimum Gasteiger partial charge on any atom is -0.381 e. The monoisotopic (exact) mass is 218 g/mol. The average Bonchev–Trinajstić information content (AvgIpc) is 2.27. The number of aromatic nitrogens is 2. The third-order valence-electron chi connectivity index (χ3n) is 2.08. The fourth-order valence-electron chi connectivity index (χ4n) is 1.21. The molecule has 2 rings (SSSR count). The summed E-state index contributed by atoms with van der Waals surface area (Å²) in [6.07, 6.45) is 1.04. The van der Waals surface area contributed by atoms with Gasteiger partial charge < -0.3 is 11.1 Å². The predicted molar refractivity (Wildman–Crippen MR) is 60.9 cm³/mol. The van der Waals surface area contributed by atoms with Gasteiger partial charge in [0.05, 0.1) is 6.20 Å². The van der Waals surface area contributed by atoms with Gasteiger partial charge in [0, 0.05) is 5.69 Å². The molecule has 0 radical (unpaired) electrons. The number of nitrogen functional groups attached to an aromatic ring is 1. The molecule has 82 valence electrons. The standard InChI is InChI=1S/C11H11FN4/c1-7-2-4-8(5-3-7)15-11-14-6-9(12)10(13)16-11/h2-6H,1H3,(H3,13,14,15,16). The van der Waals surface area contributed by atoms with E-state index < -0.39 is 5.82 Å². The molecule has 1 aromatic heterocycles. The summed E-state index contributed by atoms with van der Waals surface area (Å²) < 4.78 is 12.8. The largest absolute Gasteiger partial charge is 0.381 e. The number of aryl methyl sites for hydroxylation is 1. The van der Waals surface area contributed by atoms with Crippen LogP contribution >= 0.6 is 0 Å². The lowest BCUT2D eigenvalue weighted by molar-refractivity contribution is 0.620. The third kappa shape index (κ3) is 2.25. The van der Waals surface area contributed by atoms with Crippen molar-refractivity contribution in [3.63, 3.8) is 0 Å². The maximum absolute atomic E-state index is 12.8. The summed E-state index contributed by atoms with van der Waals surface area (Å²) in [4.78, 5) is 7.55. The summed E-state index contributed by atoms with van der Waals surface area (Å²) in [5.41, 5.74) is 7.32. The highest BCUT2D eigenvalue weighted by molar-refractivity contribution is 5.54. The van der Waals surface area contributed by atoms with Crippen molar-refractivity contribution in [2.24, 2.45) is 0 Å². The predicted octanol–water partition coefficient (Wildman–Crippen LogP) is 2.25. The SMILES string of the molecule is Cc1ccc(Nc2ncc(F)c(N)n2)cc1. The Kier molecular flexibility index (Phi) is 2.68. The van der Waals surface area contributed by atoms with E-state index in [1.54, 1.807) is 0 Å². The van der Waals surface area contributed by atoms with Crippen LogP contribution in [0.3, 0.4) is 0 Å².